The lowest BCUT2D eigenvalue weighted by molar-refractivity contribution is 0.124. The molecule has 1 N–H and O–H groups in total. The van der Waals surface area contributed by atoms with E-state index in [-0.39, 0.29) is 0 Å². The van der Waals surface area contributed by atoms with Crippen LogP contribution in [0.5, 0.6) is 11.5 Å². The number of rotatable bonds is 8. The van der Waals surface area contributed by atoms with Gasteiger partial charge in [0.05, 0.1) is 0 Å². The van der Waals surface area contributed by atoms with Crippen LogP contribution < -0.4 is 14.8 Å². The first-order valence-electron chi connectivity index (χ1n) is 7.55. The van der Waals surface area contributed by atoms with E-state index in [4.69, 9.17) is 14.2 Å². The van der Waals surface area contributed by atoms with E-state index < -0.39 is 0 Å². The van der Waals surface area contributed by atoms with Crippen LogP contribution in [0, 0.1) is 0 Å². The van der Waals surface area contributed by atoms with Gasteiger partial charge in [0.2, 0.25) is 0 Å². The third-order valence-electron chi connectivity index (χ3n) is 3.32. The van der Waals surface area contributed by atoms with Gasteiger partial charge in [-0.05, 0) is 37.1 Å². The summed E-state index contributed by atoms with van der Waals surface area (Å²) in [7, 11) is 0. The molecule has 0 spiro atoms. The SMILES string of the molecule is CCCOCCC(NCC)c1ccc2c(c1)OCCO2. The van der Waals surface area contributed by atoms with Crippen LogP contribution in [0.4, 0.5) is 0 Å². The van der Waals surface area contributed by atoms with E-state index in [1.165, 1.54) is 5.56 Å². The summed E-state index contributed by atoms with van der Waals surface area (Å²) in [5.41, 5.74) is 1.23. The van der Waals surface area contributed by atoms with E-state index in [1.807, 2.05) is 6.07 Å². The standard InChI is InChI=1S/C16H25NO3/c1-3-8-18-9-7-14(17-4-2)13-5-6-15-16(12-13)20-11-10-19-15/h5-6,12,14,17H,3-4,7-11H2,1-2H3. The molecule has 1 aliphatic heterocycles. The third kappa shape index (κ3) is 4.12. The van der Waals surface area contributed by atoms with Crippen molar-refractivity contribution in [1.82, 2.24) is 5.32 Å². The van der Waals surface area contributed by atoms with Crippen LogP contribution in [0.15, 0.2) is 18.2 Å². The van der Waals surface area contributed by atoms with E-state index in [0.717, 1.165) is 44.1 Å². The molecule has 1 aliphatic rings. The lowest BCUT2D eigenvalue weighted by atomic mass is 10.0. The van der Waals surface area contributed by atoms with Gasteiger partial charge in [-0.15, -0.1) is 0 Å². The Morgan fingerprint density at radius 1 is 1.15 bits per heavy atom. The third-order valence-corrected chi connectivity index (χ3v) is 3.32. The fourth-order valence-electron chi connectivity index (χ4n) is 2.36. The highest BCUT2D eigenvalue weighted by molar-refractivity contribution is 5.44. The Bertz CT molecular complexity index is 409. The minimum absolute atomic E-state index is 0.299. The second-order valence-electron chi connectivity index (χ2n) is 4.91. The number of hydrogen-bond donors (Lipinski definition) is 1. The van der Waals surface area contributed by atoms with Gasteiger partial charge in [0.1, 0.15) is 13.2 Å². The molecule has 0 fully saturated rings. The number of fused-ring (bicyclic) bond motifs is 1. The van der Waals surface area contributed by atoms with Gasteiger partial charge in [0.25, 0.3) is 0 Å². The fraction of sp³-hybridized carbons (Fsp3) is 0.625. The van der Waals surface area contributed by atoms with Crippen molar-refractivity contribution in [3.05, 3.63) is 23.8 Å². The van der Waals surface area contributed by atoms with Crippen LogP contribution in [0.1, 0.15) is 38.3 Å². The molecule has 2 rings (SSSR count). The summed E-state index contributed by atoms with van der Waals surface area (Å²) in [6.07, 6.45) is 2.03. The van der Waals surface area contributed by atoms with Crippen LogP contribution >= 0.6 is 0 Å². The van der Waals surface area contributed by atoms with Crippen molar-refractivity contribution >= 4 is 0 Å². The summed E-state index contributed by atoms with van der Waals surface area (Å²) >= 11 is 0. The predicted molar refractivity (Wildman–Crippen MR) is 79.6 cm³/mol. The molecule has 0 amide bonds. The van der Waals surface area contributed by atoms with E-state index in [2.05, 4.69) is 31.3 Å². The number of benzene rings is 1. The minimum atomic E-state index is 0.299. The molecule has 1 aromatic rings. The lowest BCUT2D eigenvalue weighted by Crippen LogP contribution is -2.23. The van der Waals surface area contributed by atoms with Crippen molar-refractivity contribution in [2.45, 2.75) is 32.7 Å². The maximum atomic E-state index is 5.65. The van der Waals surface area contributed by atoms with Gasteiger partial charge in [-0.3, -0.25) is 0 Å². The molecule has 0 saturated heterocycles. The second-order valence-corrected chi connectivity index (χ2v) is 4.91. The molecule has 1 aromatic carbocycles. The summed E-state index contributed by atoms with van der Waals surface area (Å²) in [5, 5.41) is 3.51. The first-order valence-corrected chi connectivity index (χ1v) is 7.55. The Hall–Kier alpha value is -1.26. The second kappa shape index (κ2) is 8.12. The van der Waals surface area contributed by atoms with Crippen LogP contribution in [0.2, 0.25) is 0 Å². The monoisotopic (exact) mass is 279 g/mol. The number of ether oxygens (including phenoxy) is 3. The average Bonchev–Trinajstić information content (AvgIpc) is 2.50. The van der Waals surface area contributed by atoms with Gasteiger partial charge in [-0.25, -0.2) is 0 Å². The van der Waals surface area contributed by atoms with Gasteiger partial charge in [0.15, 0.2) is 11.5 Å². The first kappa shape index (κ1) is 15.1. The highest BCUT2D eigenvalue weighted by Gasteiger charge is 2.16. The van der Waals surface area contributed by atoms with Gasteiger partial charge in [-0.2, -0.15) is 0 Å². The minimum Gasteiger partial charge on any atom is -0.486 e. The summed E-state index contributed by atoms with van der Waals surface area (Å²) in [4.78, 5) is 0. The maximum Gasteiger partial charge on any atom is 0.161 e. The van der Waals surface area contributed by atoms with Crippen molar-refractivity contribution in [2.75, 3.05) is 33.0 Å². The zero-order valence-electron chi connectivity index (χ0n) is 12.5. The van der Waals surface area contributed by atoms with Crippen LogP contribution in [-0.4, -0.2) is 33.0 Å². The van der Waals surface area contributed by atoms with Crippen LogP contribution in [-0.2, 0) is 4.74 Å². The van der Waals surface area contributed by atoms with E-state index >= 15 is 0 Å². The zero-order chi connectivity index (χ0) is 14.2. The van der Waals surface area contributed by atoms with Crippen LogP contribution in [0.3, 0.4) is 0 Å². The number of hydrogen-bond acceptors (Lipinski definition) is 4. The predicted octanol–water partition coefficient (Wildman–Crippen LogP) is 2.93. The van der Waals surface area contributed by atoms with E-state index in [9.17, 15) is 0 Å². The van der Waals surface area contributed by atoms with Gasteiger partial charge >= 0.3 is 0 Å². The van der Waals surface area contributed by atoms with E-state index in [1.54, 1.807) is 0 Å². The zero-order valence-corrected chi connectivity index (χ0v) is 12.5. The quantitative estimate of drug-likeness (QED) is 0.743. The fourth-order valence-corrected chi connectivity index (χ4v) is 2.36. The molecule has 4 nitrogen and oxygen atoms in total. The van der Waals surface area contributed by atoms with Crippen LogP contribution in [0.25, 0.3) is 0 Å². The lowest BCUT2D eigenvalue weighted by Gasteiger charge is -2.22. The van der Waals surface area contributed by atoms with Crippen molar-refractivity contribution < 1.29 is 14.2 Å². The molecule has 4 heteroatoms. The largest absolute Gasteiger partial charge is 0.486 e. The Labute approximate surface area is 121 Å². The van der Waals surface area contributed by atoms with Gasteiger partial charge in [0, 0.05) is 19.3 Å². The topological polar surface area (TPSA) is 39.7 Å². The smallest absolute Gasteiger partial charge is 0.161 e. The molecule has 0 aliphatic carbocycles. The molecule has 1 unspecified atom stereocenters. The molecule has 0 radical (unpaired) electrons. The molecule has 1 atom stereocenters. The normalized spacial score (nSPS) is 15.1. The maximum absolute atomic E-state index is 5.65. The Kier molecular flexibility index (Phi) is 6.15. The summed E-state index contributed by atoms with van der Waals surface area (Å²) < 4.78 is 16.8. The summed E-state index contributed by atoms with van der Waals surface area (Å²) in [6.45, 7) is 8.06. The van der Waals surface area contributed by atoms with Gasteiger partial charge in [-0.1, -0.05) is 19.9 Å². The number of nitrogens with one attached hydrogen (secondary N) is 1. The highest BCUT2D eigenvalue weighted by Crippen LogP contribution is 2.33. The van der Waals surface area contributed by atoms with Crippen molar-refractivity contribution in [2.24, 2.45) is 0 Å². The molecular weight excluding hydrogens is 254 g/mol. The van der Waals surface area contributed by atoms with Gasteiger partial charge < -0.3 is 19.5 Å². The Balaban J connectivity index is 2.00. The Morgan fingerprint density at radius 3 is 2.70 bits per heavy atom. The van der Waals surface area contributed by atoms with Crippen molar-refractivity contribution in [3.8, 4) is 11.5 Å². The average molecular weight is 279 g/mol. The first-order chi connectivity index (χ1) is 9.85. The van der Waals surface area contributed by atoms with E-state index in [0.29, 0.717) is 19.3 Å². The molecule has 20 heavy (non-hydrogen) atoms. The molecule has 0 aromatic heterocycles. The molecule has 112 valence electrons. The van der Waals surface area contributed by atoms with Crippen molar-refractivity contribution in [1.29, 1.82) is 0 Å². The highest BCUT2D eigenvalue weighted by atomic mass is 16.6. The molecule has 1 heterocycles. The molecular formula is C16H25NO3. The molecule has 0 bridgehead atoms. The summed E-state index contributed by atoms with van der Waals surface area (Å²) in [6, 6.07) is 6.50. The van der Waals surface area contributed by atoms with Crippen molar-refractivity contribution in [3.63, 3.8) is 0 Å². The molecule has 0 saturated carbocycles. The summed E-state index contributed by atoms with van der Waals surface area (Å²) in [5.74, 6) is 1.70. The Morgan fingerprint density at radius 2 is 1.95 bits per heavy atom.